The first kappa shape index (κ1) is 13.6. The molecule has 17 heavy (non-hydrogen) atoms. The summed E-state index contributed by atoms with van der Waals surface area (Å²) in [5.74, 6) is -1.84. The average Bonchev–Trinajstić information content (AvgIpc) is 2.14. The third kappa shape index (κ3) is 2.79. The van der Waals surface area contributed by atoms with Crippen LogP contribution in [0, 0.1) is 5.82 Å². The molecule has 0 unspecified atom stereocenters. The molecule has 0 atom stereocenters. The molecule has 1 aromatic carbocycles. The maximum absolute atomic E-state index is 13.6. The fourth-order valence-corrected chi connectivity index (χ4v) is 1.60. The lowest BCUT2D eigenvalue weighted by Gasteiger charge is -2.20. The van der Waals surface area contributed by atoms with E-state index in [0.717, 1.165) is 19.2 Å². The number of hydrogen-bond acceptors (Lipinski definition) is 3. The number of carbonyl (C=O) groups is 1. The number of rotatable bonds is 3. The number of quaternary nitrogens is 1. The summed E-state index contributed by atoms with van der Waals surface area (Å²) < 4.78 is 13.6. The summed E-state index contributed by atoms with van der Waals surface area (Å²) in [6.45, 7) is 3.55. The topological polar surface area (TPSA) is 83.6 Å². The van der Waals surface area contributed by atoms with Gasteiger partial charge in [-0.1, -0.05) is 13.8 Å². The van der Waals surface area contributed by atoms with Crippen LogP contribution in [0.5, 0.6) is 0 Å². The van der Waals surface area contributed by atoms with Crippen molar-refractivity contribution in [3.63, 3.8) is 0 Å². The third-order valence-electron chi connectivity index (χ3n) is 2.46. The number of benzene rings is 1. The van der Waals surface area contributed by atoms with Gasteiger partial charge in [-0.3, -0.25) is 4.79 Å². The minimum Gasteiger partial charge on any atom is -0.366 e. The number of nitrogens with two attached hydrogens (primary N) is 1. The number of hydrogen-bond donors (Lipinski definition) is 3. The van der Waals surface area contributed by atoms with Crippen molar-refractivity contribution in [1.82, 2.24) is 4.81 Å². The molecule has 0 spiro atoms. The van der Waals surface area contributed by atoms with Crippen molar-refractivity contribution < 1.29 is 19.6 Å². The van der Waals surface area contributed by atoms with Gasteiger partial charge < -0.3 is 5.73 Å². The lowest BCUT2D eigenvalue weighted by atomic mass is 9.98. The quantitative estimate of drug-likeness (QED) is 0.558. The summed E-state index contributed by atoms with van der Waals surface area (Å²) in [6, 6.07) is 2.16. The number of halogens is 1. The minimum absolute atomic E-state index is 0.0233. The largest absolute Gasteiger partial charge is 0.366 e. The first-order valence-corrected chi connectivity index (χ1v) is 5.10. The molecule has 4 N–H and O–H groups in total. The molecule has 1 amide bonds. The molecular formula is C11H16FN2O3+. The second-order valence-corrected chi connectivity index (χ2v) is 4.32. The molecule has 0 fully saturated rings. The third-order valence-corrected chi connectivity index (χ3v) is 2.46. The Bertz CT molecular complexity index is 453. The van der Waals surface area contributed by atoms with Gasteiger partial charge in [-0.25, -0.2) is 4.39 Å². The smallest absolute Gasteiger partial charge is 0.251 e. The molecule has 0 aliphatic carbocycles. The summed E-state index contributed by atoms with van der Waals surface area (Å²) in [5.41, 5.74) is 5.07. The van der Waals surface area contributed by atoms with E-state index in [1.165, 1.54) is 0 Å². The molecule has 0 saturated carbocycles. The van der Waals surface area contributed by atoms with E-state index in [9.17, 15) is 19.6 Å². The molecule has 0 saturated heterocycles. The van der Waals surface area contributed by atoms with E-state index < -0.39 is 16.5 Å². The molecule has 0 radical (unpaired) electrons. The van der Waals surface area contributed by atoms with E-state index in [1.807, 2.05) is 0 Å². The fourth-order valence-electron chi connectivity index (χ4n) is 1.60. The van der Waals surface area contributed by atoms with Crippen LogP contribution >= 0.6 is 0 Å². The molecule has 0 aliphatic rings. The average molecular weight is 243 g/mol. The highest BCUT2D eigenvalue weighted by Gasteiger charge is 2.28. The van der Waals surface area contributed by atoms with Gasteiger partial charge in [-0.15, -0.1) is 0 Å². The van der Waals surface area contributed by atoms with Gasteiger partial charge in [-0.2, -0.15) is 10.4 Å². The molecule has 5 nitrogen and oxygen atoms in total. The van der Waals surface area contributed by atoms with Gasteiger partial charge in [-0.05, 0) is 16.8 Å². The molecule has 6 heteroatoms. The molecule has 0 aromatic heterocycles. The van der Waals surface area contributed by atoms with Crippen LogP contribution in [0.2, 0.25) is 0 Å². The summed E-state index contributed by atoms with van der Waals surface area (Å²) in [7, 11) is 1.09. The van der Waals surface area contributed by atoms with E-state index in [4.69, 9.17) is 5.73 Å². The zero-order chi connectivity index (χ0) is 13.4. The monoisotopic (exact) mass is 243 g/mol. The van der Waals surface area contributed by atoms with Gasteiger partial charge in [0.05, 0.1) is 5.56 Å². The van der Waals surface area contributed by atoms with Crippen molar-refractivity contribution in [2.24, 2.45) is 5.73 Å². The highest BCUT2D eigenvalue weighted by molar-refractivity contribution is 5.94. The predicted molar refractivity (Wildman–Crippen MR) is 60.3 cm³/mol. The van der Waals surface area contributed by atoms with E-state index in [1.54, 1.807) is 13.8 Å². The van der Waals surface area contributed by atoms with E-state index in [0.29, 0.717) is 5.56 Å². The van der Waals surface area contributed by atoms with Gasteiger partial charge in [0, 0.05) is 11.6 Å². The number of amides is 1. The first-order valence-electron chi connectivity index (χ1n) is 5.10. The Morgan fingerprint density at radius 3 is 2.29 bits per heavy atom. The van der Waals surface area contributed by atoms with Gasteiger partial charge in [0.1, 0.15) is 12.9 Å². The highest BCUT2D eigenvalue weighted by atomic mass is 19.1. The Labute approximate surface area is 98.4 Å². The summed E-state index contributed by atoms with van der Waals surface area (Å²) in [4.78, 5) is 9.52. The Hall–Kier alpha value is -1.50. The number of carbonyl (C=O) groups excluding carboxylic acids is 1. The van der Waals surface area contributed by atoms with Crippen LogP contribution < -0.4 is 10.5 Å². The van der Waals surface area contributed by atoms with E-state index in [-0.39, 0.29) is 17.2 Å². The molecule has 1 rings (SSSR count). The maximum atomic E-state index is 13.6. The van der Waals surface area contributed by atoms with Gasteiger partial charge in [0.25, 0.3) is 5.91 Å². The predicted octanol–water partition coefficient (Wildman–Crippen LogP) is 1.76. The molecule has 0 aliphatic heterocycles. The lowest BCUT2D eigenvalue weighted by molar-refractivity contribution is -0.272. The van der Waals surface area contributed by atoms with Crippen LogP contribution in [0.15, 0.2) is 12.1 Å². The van der Waals surface area contributed by atoms with Crippen LogP contribution in [-0.4, -0.2) is 23.4 Å². The zero-order valence-electron chi connectivity index (χ0n) is 9.94. The highest BCUT2D eigenvalue weighted by Crippen LogP contribution is 2.31. The molecule has 0 heterocycles. The molecule has 0 bridgehead atoms. The summed E-state index contributed by atoms with van der Waals surface area (Å²) >= 11 is 0. The summed E-state index contributed by atoms with van der Waals surface area (Å²) in [5, 5.41) is 19.1. The van der Waals surface area contributed by atoms with Crippen LogP contribution in [-0.2, 0) is 0 Å². The van der Waals surface area contributed by atoms with E-state index in [2.05, 4.69) is 0 Å². The summed E-state index contributed by atoms with van der Waals surface area (Å²) in [6.07, 6.45) is 0. The first-order chi connectivity index (χ1) is 7.64. The molecular weight excluding hydrogens is 227 g/mol. The molecule has 94 valence electrons. The second-order valence-electron chi connectivity index (χ2n) is 4.32. The van der Waals surface area contributed by atoms with Crippen LogP contribution in [0.25, 0.3) is 0 Å². The second kappa shape index (κ2) is 4.40. The Kier molecular flexibility index (Phi) is 3.51. The van der Waals surface area contributed by atoms with Crippen LogP contribution in [0.3, 0.4) is 0 Å². The van der Waals surface area contributed by atoms with Crippen molar-refractivity contribution in [2.45, 2.75) is 19.8 Å². The standard InChI is InChI=1S/C11H15FN2O3/c1-6(2)7-4-9(12)8(11(13)15)5-10(7)14(3,16)17/h4-6,16-17H,1-3H3,(H-,13,15)/p+1. The van der Waals surface area contributed by atoms with Gasteiger partial charge >= 0.3 is 0 Å². The van der Waals surface area contributed by atoms with Crippen LogP contribution in [0.4, 0.5) is 10.1 Å². The van der Waals surface area contributed by atoms with E-state index >= 15 is 0 Å². The van der Waals surface area contributed by atoms with Crippen LogP contribution in [0.1, 0.15) is 35.7 Å². The zero-order valence-corrected chi connectivity index (χ0v) is 9.94. The van der Waals surface area contributed by atoms with Crippen molar-refractivity contribution in [3.05, 3.63) is 29.1 Å². The maximum Gasteiger partial charge on any atom is 0.251 e. The van der Waals surface area contributed by atoms with Crippen molar-refractivity contribution in [2.75, 3.05) is 7.05 Å². The normalized spacial score (nSPS) is 11.9. The van der Waals surface area contributed by atoms with Crippen molar-refractivity contribution in [3.8, 4) is 0 Å². The Morgan fingerprint density at radius 1 is 1.41 bits per heavy atom. The number of primary amides is 1. The SMILES string of the molecule is CC(C)c1cc(F)c(C(N)=O)cc1[N+](C)(O)O. The number of hydroxylamine groups is 2. The number of nitrogens with zero attached hydrogens (tertiary/aromatic N) is 1. The lowest BCUT2D eigenvalue weighted by Crippen LogP contribution is -2.38. The minimum atomic E-state index is -1.48. The van der Waals surface area contributed by atoms with Gasteiger partial charge in [0.15, 0.2) is 0 Å². The Morgan fingerprint density at radius 2 is 1.94 bits per heavy atom. The van der Waals surface area contributed by atoms with Gasteiger partial charge in [0.2, 0.25) is 5.69 Å². The van der Waals surface area contributed by atoms with Crippen molar-refractivity contribution in [1.29, 1.82) is 0 Å². The Balaban J connectivity index is 3.54. The fraction of sp³-hybridized carbons (Fsp3) is 0.364. The van der Waals surface area contributed by atoms with Crippen molar-refractivity contribution >= 4 is 11.6 Å². The molecule has 1 aromatic rings.